The molecule has 1 atom stereocenters. The second-order valence-corrected chi connectivity index (χ2v) is 6.59. The third-order valence-corrected chi connectivity index (χ3v) is 4.13. The minimum absolute atomic E-state index is 0.642. The van der Waals surface area contributed by atoms with Crippen LogP contribution in [0, 0.1) is 11.8 Å². The maximum atomic E-state index is 3.56. The second kappa shape index (κ2) is 8.13. The Balaban J connectivity index is 2.16. The predicted octanol–water partition coefficient (Wildman–Crippen LogP) is 1.89. The molecule has 0 aromatic rings. The minimum atomic E-state index is 0.642. The summed E-state index contributed by atoms with van der Waals surface area (Å²) in [7, 11) is 4.51. The van der Waals surface area contributed by atoms with Crippen molar-refractivity contribution in [2.24, 2.45) is 11.8 Å². The van der Waals surface area contributed by atoms with Gasteiger partial charge in [-0.1, -0.05) is 13.8 Å². The van der Waals surface area contributed by atoms with Gasteiger partial charge in [0, 0.05) is 19.1 Å². The van der Waals surface area contributed by atoms with Crippen molar-refractivity contribution >= 4 is 0 Å². The van der Waals surface area contributed by atoms with E-state index in [2.05, 4.69) is 50.0 Å². The maximum absolute atomic E-state index is 3.56. The highest BCUT2D eigenvalue weighted by atomic mass is 15.2. The van der Waals surface area contributed by atoms with E-state index in [1.165, 1.54) is 32.5 Å². The summed E-state index contributed by atoms with van der Waals surface area (Å²) >= 11 is 0. The lowest BCUT2D eigenvalue weighted by Gasteiger charge is -2.34. The number of hydrogen-bond acceptors (Lipinski definition) is 3. The third-order valence-electron chi connectivity index (χ3n) is 4.13. The molecule has 3 nitrogen and oxygen atoms in total. The number of rotatable bonds is 7. The topological polar surface area (TPSA) is 18.5 Å². The smallest absolute Gasteiger partial charge is 0.0189 e. The van der Waals surface area contributed by atoms with Crippen LogP contribution in [0.5, 0.6) is 0 Å². The zero-order chi connectivity index (χ0) is 13.5. The average Bonchev–Trinajstić information content (AvgIpc) is 2.31. The number of likely N-dealkylation sites (tertiary alicyclic amines) is 1. The Morgan fingerprint density at radius 1 is 1.17 bits per heavy atom. The molecule has 1 fully saturated rings. The van der Waals surface area contributed by atoms with Crippen LogP contribution in [0.25, 0.3) is 0 Å². The number of hydrogen-bond donors (Lipinski definition) is 1. The SMILES string of the molecule is CC(C)CNCC(C)N(C)CC1CCN(C)CC1. The standard InChI is InChI=1S/C15H33N3/c1-13(2)10-16-11-14(3)18(5)12-15-6-8-17(4)9-7-15/h13-16H,6-12H2,1-5H3. The first kappa shape index (κ1) is 15.9. The molecule has 0 aromatic heterocycles. The van der Waals surface area contributed by atoms with Crippen molar-refractivity contribution in [2.75, 3.05) is 46.8 Å². The van der Waals surface area contributed by atoms with Crippen LogP contribution in [0.15, 0.2) is 0 Å². The van der Waals surface area contributed by atoms with Gasteiger partial charge in [0.1, 0.15) is 0 Å². The lowest BCUT2D eigenvalue weighted by atomic mass is 9.96. The summed E-state index contributed by atoms with van der Waals surface area (Å²) in [6.45, 7) is 12.9. The van der Waals surface area contributed by atoms with E-state index in [1.807, 2.05) is 0 Å². The van der Waals surface area contributed by atoms with E-state index >= 15 is 0 Å². The Morgan fingerprint density at radius 2 is 1.78 bits per heavy atom. The van der Waals surface area contributed by atoms with E-state index in [0.717, 1.165) is 24.9 Å². The molecule has 108 valence electrons. The van der Waals surface area contributed by atoms with Gasteiger partial charge < -0.3 is 15.1 Å². The van der Waals surface area contributed by atoms with Gasteiger partial charge in [0.15, 0.2) is 0 Å². The zero-order valence-corrected chi connectivity index (χ0v) is 13.1. The molecule has 1 N–H and O–H groups in total. The lowest BCUT2D eigenvalue weighted by molar-refractivity contribution is 0.153. The van der Waals surface area contributed by atoms with Crippen LogP contribution >= 0.6 is 0 Å². The Hall–Kier alpha value is -0.120. The molecular formula is C15H33N3. The summed E-state index contributed by atoms with van der Waals surface area (Å²) in [5, 5.41) is 3.56. The van der Waals surface area contributed by atoms with Crippen molar-refractivity contribution in [3.8, 4) is 0 Å². The fraction of sp³-hybridized carbons (Fsp3) is 1.00. The fourth-order valence-corrected chi connectivity index (χ4v) is 2.57. The molecule has 3 heteroatoms. The summed E-state index contributed by atoms with van der Waals surface area (Å²) < 4.78 is 0. The Kier molecular flexibility index (Phi) is 7.20. The molecule has 1 aliphatic heterocycles. The number of piperidine rings is 1. The summed E-state index contributed by atoms with van der Waals surface area (Å²) in [4.78, 5) is 4.98. The number of nitrogens with zero attached hydrogens (tertiary/aromatic N) is 2. The third kappa shape index (κ3) is 6.17. The van der Waals surface area contributed by atoms with Gasteiger partial charge in [0.25, 0.3) is 0 Å². The van der Waals surface area contributed by atoms with E-state index < -0.39 is 0 Å². The van der Waals surface area contributed by atoms with Crippen molar-refractivity contribution in [3.05, 3.63) is 0 Å². The van der Waals surface area contributed by atoms with Gasteiger partial charge in [-0.05, 0) is 65.3 Å². The van der Waals surface area contributed by atoms with Crippen molar-refractivity contribution < 1.29 is 0 Å². The molecule has 18 heavy (non-hydrogen) atoms. The first-order valence-corrected chi connectivity index (χ1v) is 7.58. The van der Waals surface area contributed by atoms with E-state index in [4.69, 9.17) is 0 Å². The van der Waals surface area contributed by atoms with Gasteiger partial charge in [-0.15, -0.1) is 0 Å². The highest BCUT2D eigenvalue weighted by Crippen LogP contribution is 2.17. The van der Waals surface area contributed by atoms with Crippen molar-refractivity contribution in [1.29, 1.82) is 0 Å². The molecule has 1 heterocycles. The van der Waals surface area contributed by atoms with Crippen LogP contribution in [-0.2, 0) is 0 Å². The molecule has 1 saturated heterocycles. The number of likely N-dealkylation sites (N-methyl/N-ethyl adjacent to an activating group) is 1. The van der Waals surface area contributed by atoms with Crippen LogP contribution in [0.2, 0.25) is 0 Å². The van der Waals surface area contributed by atoms with Gasteiger partial charge in [-0.25, -0.2) is 0 Å². The number of nitrogens with one attached hydrogen (secondary N) is 1. The van der Waals surface area contributed by atoms with E-state index in [9.17, 15) is 0 Å². The molecule has 0 bridgehead atoms. The van der Waals surface area contributed by atoms with Crippen LogP contribution < -0.4 is 5.32 Å². The summed E-state index contributed by atoms with van der Waals surface area (Å²) in [5.74, 6) is 1.65. The lowest BCUT2D eigenvalue weighted by Crippen LogP contribution is -2.43. The Labute approximate surface area is 114 Å². The predicted molar refractivity (Wildman–Crippen MR) is 80.0 cm³/mol. The van der Waals surface area contributed by atoms with Gasteiger partial charge in [0.2, 0.25) is 0 Å². The minimum Gasteiger partial charge on any atom is -0.315 e. The molecule has 0 aliphatic carbocycles. The summed E-state index contributed by atoms with van der Waals surface area (Å²) in [5.41, 5.74) is 0. The molecule has 1 aliphatic rings. The molecule has 1 rings (SSSR count). The highest BCUT2D eigenvalue weighted by molar-refractivity contribution is 4.75. The van der Waals surface area contributed by atoms with Crippen LogP contribution in [0.3, 0.4) is 0 Å². The van der Waals surface area contributed by atoms with Crippen molar-refractivity contribution in [1.82, 2.24) is 15.1 Å². The average molecular weight is 255 g/mol. The molecule has 0 radical (unpaired) electrons. The Bertz CT molecular complexity index is 210. The van der Waals surface area contributed by atoms with Gasteiger partial charge in [-0.3, -0.25) is 0 Å². The van der Waals surface area contributed by atoms with Crippen LogP contribution in [-0.4, -0.2) is 62.7 Å². The van der Waals surface area contributed by atoms with Crippen LogP contribution in [0.1, 0.15) is 33.6 Å². The fourth-order valence-electron chi connectivity index (χ4n) is 2.57. The maximum Gasteiger partial charge on any atom is 0.0189 e. The zero-order valence-electron chi connectivity index (χ0n) is 13.1. The Morgan fingerprint density at radius 3 is 2.33 bits per heavy atom. The molecule has 0 amide bonds. The molecule has 0 saturated carbocycles. The van der Waals surface area contributed by atoms with E-state index in [0.29, 0.717) is 6.04 Å². The largest absolute Gasteiger partial charge is 0.315 e. The first-order valence-electron chi connectivity index (χ1n) is 7.58. The quantitative estimate of drug-likeness (QED) is 0.749. The monoisotopic (exact) mass is 255 g/mol. The van der Waals surface area contributed by atoms with Crippen LogP contribution in [0.4, 0.5) is 0 Å². The summed E-state index contributed by atoms with van der Waals surface area (Å²) in [6.07, 6.45) is 2.74. The van der Waals surface area contributed by atoms with Crippen molar-refractivity contribution in [3.63, 3.8) is 0 Å². The van der Waals surface area contributed by atoms with E-state index in [-0.39, 0.29) is 0 Å². The van der Waals surface area contributed by atoms with Gasteiger partial charge >= 0.3 is 0 Å². The molecule has 0 aromatic carbocycles. The molecule has 0 spiro atoms. The molecular weight excluding hydrogens is 222 g/mol. The van der Waals surface area contributed by atoms with Gasteiger partial charge in [-0.2, -0.15) is 0 Å². The summed E-state index contributed by atoms with van der Waals surface area (Å²) in [6, 6.07) is 0.642. The van der Waals surface area contributed by atoms with Gasteiger partial charge in [0.05, 0.1) is 0 Å². The van der Waals surface area contributed by atoms with Crippen molar-refractivity contribution in [2.45, 2.75) is 39.7 Å². The highest BCUT2D eigenvalue weighted by Gasteiger charge is 2.19. The second-order valence-electron chi connectivity index (χ2n) is 6.59. The van der Waals surface area contributed by atoms with E-state index in [1.54, 1.807) is 0 Å². The normalized spacial score (nSPS) is 20.8. The first-order chi connectivity index (χ1) is 8.49. The molecule has 1 unspecified atom stereocenters.